The largest absolute Gasteiger partial charge is 0.483 e. The molecule has 0 fully saturated rings. The Labute approximate surface area is 149 Å². The van der Waals surface area contributed by atoms with E-state index in [2.05, 4.69) is 21.2 Å². The summed E-state index contributed by atoms with van der Waals surface area (Å²) in [6.45, 7) is 2.16. The van der Waals surface area contributed by atoms with Crippen LogP contribution in [0.4, 0.5) is 5.69 Å². The molecule has 126 valence electrons. The highest BCUT2D eigenvalue weighted by atomic mass is 79.9. The number of carbonyl (C=O) groups excluding carboxylic acids is 2. The number of halogens is 1. The van der Waals surface area contributed by atoms with Crippen molar-refractivity contribution in [2.24, 2.45) is 0 Å². The van der Waals surface area contributed by atoms with E-state index in [4.69, 9.17) is 9.47 Å². The van der Waals surface area contributed by atoms with Gasteiger partial charge in [0.1, 0.15) is 5.75 Å². The molecule has 0 bridgehead atoms. The normalized spacial score (nSPS) is 10.1. The number of rotatable bonds is 7. The molecule has 0 aromatic heterocycles. The number of para-hydroxylation sites is 1. The molecule has 2 aromatic carbocycles. The Hall–Kier alpha value is -2.34. The zero-order chi connectivity index (χ0) is 17.4. The average Bonchev–Trinajstić information content (AvgIpc) is 2.59. The van der Waals surface area contributed by atoms with E-state index in [1.165, 1.54) is 0 Å². The zero-order valence-corrected chi connectivity index (χ0v) is 14.8. The Bertz CT molecular complexity index is 718. The fraction of sp³-hybridized carbons (Fsp3) is 0.222. The Morgan fingerprint density at radius 2 is 1.92 bits per heavy atom. The van der Waals surface area contributed by atoms with Crippen molar-refractivity contribution in [3.05, 3.63) is 58.6 Å². The molecule has 0 radical (unpaired) electrons. The van der Waals surface area contributed by atoms with Gasteiger partial charge in [-0.05, 0) is 52.7 Å². The molecule has 0 spiro atoms. The molecule has 2 aromatic rings. The van der Waals surface area contributed by atoms with Gasteiger partial charge in [-0.2, -0.15) is 0 Å². The number of hydrogen-bond acceptors (Lipinski definition) is 4. The number of nitrogens with one attached hydrogen (secondary N) is 1. The second kappa shape index (κ2) is 9.08. The van der Waals surface area contributed by atoms with Gasteiger partial charge in [-0.15, -0.1) is 0 Å². The first-order valence-corrected chi connectivity index (χ1v) is 8.34. The summed E-state index contributed by atoms with van der Waals surface area (Å²) < 4.78 is 11.3. The van der Waals surface area contributed by atoms with E-state index in [0.717, 1.165) is 10.9 Å². The topological polar surface area (TPSA) is 64.6 Å². The molecule has 0 heterocycles. The highest BCUT2D eigenvalue weighted by molar-refractivity contribution is 9.10. The van der Waals surface area contributed by atoms with Crippen LogP contribution >= 0.6 is 15.9 Å². The lowest BCUT2D eigenvalue weighted by Gasteiger charge is -2.09. The van der Waals surface area contributed by atoms with Gasteiger partial charge in [-0.1, -0.05) is 25.1 Å². The average molecular weight is 392 g/mol. The van der Waals surface area contributed by atoms with Crippen molar-refractivity contribution in [2.45, 2.75) is 13.3 Å². The maximum Gasteiger partial charge on any atom is 0.338 e. The molecule has 0 atom stereocenters. The Morgan fingerprint density at radius 3 is 2.67 bits per heavy atom. The summed E-state index contributed by atoms with van der Waals surface area (Å²) >= 11 is 3.35. The standard InChI is InChI=1S/C18H18BrNO4/c1-2-10-23-18(22)13-6-5-7-14(11-13)20-17(21)12-24-16-9-4-3-8-15(16)19/h3-9,11H,2,10,12H2,1H3,(H,20,21). The van der Waals surface area contributed by atoms with Gasteiger partial charge in [0.05, 0.1) is 16.6 Å². The summed E-state index contributed by atoms with van der Waals surface area (Å²) in [5.74, 6) is -0.133. The van der Waals surface area contributed by atoms with Crippen LogP contribution in [0, 0.1) is 0 Å². The van der Waals surface area contributed by atoms with Gasteiger partial charge in [0.2, 0.25) is 0 Å². The van der Waals surface area contributed by atoms with Crippen LogP contribution in [0.25, 0.3) is 0 Å². The molecular weight excluding hydrogens is 374 g/mol. The minimum Gasteiger partial charge on any atom is -0.483 e. The van der Waals surface area contributed by atoms with E-state index in [1.807, 2.05) is 25.1 Å². The van der Waals surface area contributed by atoms with Crippen LogP contribution < -0.4 is 10.1 Å². The van der Waals surface area contributed by atoms with Crippen molar-refractivity contribution >= 4 is 33.5 Å². The van der Waals surface area contributed by atoms with Crippen molar-refractivity contribution in [2.75, 3.05) is 18.5 Å². The third-order valence-corrected chi connectivity index (χ3v) is 3.67. The molecule has 0 aliphatic heterocycles. The highest BCUT2D eigenvalue weighted by Crippen LogP contribution is 2.23. The monoisotopic (exact) mass is 391 g/mol. The summed E-state index contributed by atoms with van der Waals surface area (Å²) in [4.78, 5) is 23.8. The van der Waals surface area contributed by atoms with Gasteiger partial charge in [0.15, 0.2) is 6.61 Å². The second-order valence-electron chi connectivity index (χ2n) is 4.98. The molecule has 24 heavy (non-hydrogen) atoms. The zero-order valence-electron chi connectivity index (χ0n) is 13.3. The molecule has 2 rings (SSSR count). The third kappa shape index (κ3) is 5.38. The molecule has 0 saturated carbocycles. The first kappa shape index (κ1) is 18.0. The predicted molar refractivity (Wildman–Crippen MR) is 95.3 cm³/mol. The summed E-state index contributed by atoms with van der Waals surface area (Å²) in [6, 6.07) is 13.9. The quantitative estimate of drug-likeness (QED) is 0.723. The first-order chi connectivity index (χ1) is 11.6. The fourth-order valence-electron chi connectivity index (χ4n) is 1.90. The van der Waals surface area contributed by atoms with Crippen molar-refractivity contribution in [1.29, 1.82) is 0 Å². The van der Waals surface area contributed by atoms with Crippen molar-refractivity contribution in [3.8, 4) is 5.75 Å². The van der Waals surface area contributed by atoms with Crippen LogP contribution in [-0.2, 0) is 9.53 Å². The summed E-state index contributed by atoms with van der Waals surface area (Å²) in [5.41, 5.74) is 0.912. The van der Waals surface area contributed by atoms with E-state index in [1.54, 1.807) is 30.3 Å². The highest BCUT2D eigenvalue weighted by Gasteiger charge is 2.10. The molecule has 1 amide bonds. The summed E-state index contributed by atoms with van der Waals surface area (Å²) in [5, 5.41) is 2.70. The fourth-order valence-corrected chi connectivity index (χ4v) is 2.30. The number of ether oxygens (including phenoxy) is 2. The maximum atomic E-state index is 12.0. The summed E-state index contributed by atoms with van der Waals surface area (Å²) in [7, 11) is 0. The van der Waals surface area contributed by atoms with Crippen LogP contribution in [-0.4, -0.2) is 25.1 Å². The van der Waals surface area contributed by atoms with E-state index < -0.39 is 5.97 Å². The minimum atomic E-state index is -0.405. The van der Waals surface area contributed by atoms with Crippen LogP contribution in [0.3, 0.4) is 0 Å². The number of carbonyl (C=O) groups is 2. The van der Waals surface area contributed by atoms with Gasteiger partial charge in [-0.25, -0.2) is 4.79 Å². The number of esters is 1. The third-order valence-electron chi connectivity index (χ3n) is 3.01. The van der Waals surface area contributed by atoms with Crippen LogP contribution in [0.1, 0.15) is 23.7 Å². The Morgan fingerprint density at radius 1 is 1.12 bits per heavy atom. The molecule has 0 saturated heterocycles. The molecule has 1 N–H and O–H groups in total. The molecular formula is C18H18BrNO4. The van der Waals surface area contributed by atoms with E-state index in [-0.39, 0.29) is 12.5 Å². The van der Waals surface area contributed by atoms with Crippen LogP contribution in [0.2, 0.25) is 0 Å². The van der Waals surface area contributed by atoms with Gasteiger partial charge >= 0.3 is 5.97 Å². The second-order valence-corrected chi connectivity index (χ2v) is 5.84. The van der Waals surface area contributed by atoms with Crippen molar-refractivity contribution in [1.82, 2.24) is 0 Å². The van der Waals surface area contributed by atoms with Gasteiger partial charge in [-0.3, -0.25) is 4.79 Å². The van der Waals surface area contributed by atoms with Gasteiger partial charge < -0.3 is 14.8 Å². The number of amides is 1. The lowest BCUT2D eigenvalue weighted by Crippen LogP contribution is -2.20. The Balaban J connectivity index is 1.92. The number of anilines is 1. The smallest absolute Gasteiger partial charge is 0.338 e. The maximum absolute atomic E-state index is 12.0. The van der Waals surface area contributed by atoms with E-state index in [0.29, 0.717) is 23.6 Å². The molecule has 0 aliphatic carbocycles. The lowest BCUT2D eigenvalue weighted by atomic mass is 10.2. The van der Waals surface area contributed by atoms with Gasteiger partial charge in [0, 0.05) is 5.69 Å². The van der Waals surface area contributed by atoms with Crippen LogP contribution in [0.15, 0.2) is 53.0 Å². The minimum absolute atomic E-state index is 0.132. The number of benzene rings is 2. The van der Waals surface area contributed by atoms with E-state index in [9.17, 15) is 9.59 Å². The SMILES string of the molecule is CCCOC(=O)c1cccc(NC(=O)COc2ccccc2Br)c1. The molecule has 0 unspecified atom stereocenters. The van der Waals surface area contributed by atoms with Crippen molar-refractivity contribution < 1.29 is 19.1 Å². The first-order valence-electron chi connectivity index (χ1n) is 7.54. The molecule has 0 aliphatic rings. The van der Waals surface area contributed by atoms with E-state index >= 15 is 0 Å². The molecule has 5 nitrogen and oxygen atoms in total. The Kier molecular flexibility index (Phi) is 6.81. The van der Waals surface area contributed by atoms with Gasteiger partial charge in [0.25, 0.3) is 5.91 Å². The summed E-state index contributed by atoms with van der Waals surface area (Å²) in [6.07, 6.45) is 0.758. The number of hydrogen-bond donors (Lipinski definition) is 1. The van der Waals surface area contributed by atoms with Crippen LogP contribution in [0.5, 0.6) is 5.75 Å². The lowest BCUT2D eigenvalue weighted by molar-refractivity contribution is -0.118. The molecule has 6 heteroatoms. The van der Waals surface area contributed by atoms with Crippen molar-refractivity contribution in [3.63, 3.8) is 0 Å². The predicted octanol–water partition coefficient (Wildman–Crippen LogP) is 4.03.